The lowest BCUT2D eigenvalue weighted by molar-refractivity contribution is 0.237. The lowest BCUT2D eigenvalue weighted by Crippen LogP contribution is -2.36. The molecular weight excluding hydrogens is 346 g/mol. The highest BCUT2D eigenvalue weighted by Crippen LogP contribution is 2.28. The van der Waals surface area contributed by atoms with Crippen LogP contribution in [0.15, 0.2) is 24.3 Å². The third-order valence-electron chi connectivity index (χ3n) is 3.07. The van der Waals surface area contributed by atoms with Gasteiger partial charge in [0.05, 0.1) is 17.6 Å². The van der Waals surface area contributed by atoms with E-state index >= 15 is 0 Å². The topological polar surface area (TPSA) is 41.1 Å². The van der Waals surface area contributed by atoms with Crippen LogP contribution in [-0.4, -0.2) is 6.03 Å². The Morgan fingerprint density at radius 2 is 2.05 bits per heavy atom. The minimum Gasteiger partial charge on any atom is -0.333 e. The molecule has 7 heteroatoms. The van der Waals surface area contributed by atoms with Crippen molar-refractivity contribution in [3.63, 3.8) is 0 Å². The van der Waals surface area contributed by atoms with Crippen molar-refractivity contribution in [3.05, 3.63) is 55.4 Å². The van der Waals surface area contributed by atoms with Gasteiger partial charge in [0, 0.05) is 14.8 Å². The lowest BCUT2D eigenvalue weighted by Gasteiger charge is -2.16. The van der Waals surface area contributed by atoms with Crippen molar-refractivity contribution in [1.29, 1.82) is 0 Å². The Morgan fingerprint density at radius 3 is 2.68 bits per heavy atom. The first kappa shape index (κ1) is 17.1. The Hall–Kier alpha value is -1.30. The van der Waals surface area contributed by atoms with Gasteiger partial charge in [0.15, 0.2) is 0 Å². The third-order valence-corrected chi connectivity index (χ3v) is 4.69. The standard InChI is InChI=1S/C15H15Cl2FN2OS/c1-8-3-4-10(22-8)7-19-15(21)20-9(2)11-5-14(18)13(17)6-12(11)16/h3-6,9H,7H2,1-2H3,(H2,19,20,21). The van der Waals surface area contributed by atoms with Crippen LogP contribution in [0.4, 0.5) is 9.18 Å². The van der Waals surface area contributed by atoms with Gasteiger partial charge in [-0.1, -0.05) is 23.2 Å². The van der Waals surface area contributed by atoms with Crippen LogP contribution in [0.1, 0.15) is 28.3 Å². The van der Waals surface area contributed by atoms with Gasteiger partial charge < -0.3 is 10.6 Å². The molecular formula is C15H15Cl2FN2OS. The molecule has 0 aliphatic carbocycles. The summed E-state index contributed by atoms with van der Waals surface area (Å²) in [5, 5.41) is 5.75. The Balaban J connectivity index is 1.95. The monoisotopic (exact) mass is 360 g/mol. The van der Waals surface area contributed by atoms with E-state index in [-0.39, 0.29) is 11.1 Å². The molecule has 0 spiro atoms. The number of hydrogen-bond acceptors (Lipinski definition) is 2. The second-order valence-electron chi connectivity index (χ2n) is 4.85. The third kappa shape index (κ3) is 4.35. The SMILES string of the molecule is Cc1ccc(CNC(=O)NC(C)c2cc(F)c(Cl)cc2Cl)s1. The van der Waals surface area contributed by atoms with Crippen LogP contribution in [0.3, 0.4) is 0 Å². The maximum absolute atomic E-state index is 13.5. The predicted octanol–water partition coefficient (Wildman–Crippen LogP) is 5.06. The van der Waals surface area contributed by atoms with Crippen molar-refractivity contribution < 1.29 is 9.18 Å². The van der Waals surface area contributed by atoms with Crippen molar-refractivity contribution in [2.75, 3.05) is 0 Å². The summed E-state index contributed by atoms with van der Waals surface area (Å²) in [5.41, 5.74) is 0.477. The number of thiophene rings is 1. The number of aryl methyl sites for hydroxylation is 1. The molecule has 1 atom stereocenters. The van der Waals surface area contributed by atoms with Crippen LogP contribution < -0.4 is 10.6 Å². The van der Waals surface area contributed by atoms with E-state index in [4.69, 9.17) is 23.2 Å². The average molecular weight is 361 g/mol. The number of urea groups is 1. The zero-order valence-electron chi connectivity index (χ0n) is 12.0. The van der Waals surface area contributed by atoms with Gasteiger partial charge in [0.1, 0.15) is 5.82 Å². The number of nitrogens with one attached hydrogen (secondary N) is 2. The van der Waals surface area contributed by atoms with E-state index in [2.05, 4.69) is 10.6 Å². The molecule has 1 unspecified atom stereocenters. The summed E-state index contributed by atoms with van der Waals surface area (Å²) in [4.78, 5) is 14.1. The fourth-order valence-electron chi connectivity index (χ4n) is 1.94. The molecule has 2 N–H and O–H groups in total. The molecule has 2 aromatic rings. The van der Waals surface area contributed by atoms with Crippen LogP contribution >= 0.6 is 34.5 Å². The van der Waals surface area contributed by atoms with E-state index in [1.54, 1.807) is 18.3 Å². The van der Waals surface area contributed by atoms with E-state index in [0.717, 1.165) is 4.88 Å². The van der Waals surface area contributed by atoms with Gasteiger partial charge in [-0.3, -0.25) is 0 Å². The first-order valence-corrected chi connectivity index (χ1v) is 8.18. The zero-order valence-corrected chi connectivity index (χ0v) is 14.4. The Morgan fingerprint density at radius 1 is 1.32 bits per heavy atom. The van der Waals surface area contributed by atoms with Crippen molar-refractivity contribution in [2.45, 2.75) is 26.4 Å². The first-order chi connectivity index (χ1) is 10.4. The highest BCUT2D eigenvalue weighted by molar-refractivity contribution is 7.11. The maximum Gasteiger partial charge on any atom is 0.315 e. The largest absolute Gasteiger partial charge is 0.333 e. The van der Waals surface area contributed by atoms with Gasteiger partial charge in [-0.25, -0.2) is 9.18 Å². The van der Waals surface area contributed by atoms with Crippen LogP contribution in [0.25, 0.3) is 0 Å². The van der Waals surface area contributed by atoms with Crippen LogP contribution in [0.5, 0.6) is 0 Å². The van der Waals surface area contributed by atoms with Crippen LogP contribution in [-0.2, 0) is 6.54 Å². The minimum absolute atomic E-state index is 0.0431. The molecule has 0 aliphatic heterocycles. The van der Waals surface area contributed by atoms with Gasteiger partial charge in [-0.15, -0.1) is 11.3 Å². The minimum atomic E-state index is -0.566. The fourth-order valence-corrected chi connectivity index (χ4v) is 3.32. The predicted molar refractivity (Wildman–Crippen MR) is 89.3 cm³/mol. The van der Waals surface area contributed by atoms with E-state index in [9.17, 15) is 9.18 Å². The lowest BCUT2D eigenvalue weighted by atomic mass is 10.1. The highest BCUT2D eigenvalue weighted by atomic mass is 35.5. The van der Waals surface area contributed by atoms with Crippen LogP contribution in [0.2, 0.25) is 10.0 Å². The van der Waals surface area contributed by atoms with E-state index in [1.165, 1.54) is 17.0 Å². The second kappa shape index (κ2) is 7.31. The van der Waals surface area contributed by atoms with E-state index in [1.807, 2.05) is 19.1 Å². The van der Waals surface area contributed by atoms with Gasteiger partial charge in [0.2, 0.25) is 0 Å². The van der Waals surface area contributed by atoms with Gasteiger partial charge >= 0.3 is 6.03 Å². The van der Waals surface area contributed by atoms with Gasteiger partial charge in [0.25, 0.3) is 0 Å². The molecule has 3 nitrogen and oxygen atoms in total. The summed E-state index contributed by atoms with van der Waals surface area (Å²) in [6.07, 6.45) is 0. The van der Waals surface area contributed by atoms with Gasteiger partial charge in [-0.2, -0.15) is 0 Å². The summed E-state index contributed by atoms with van der Waals surface area (Å²) >= 11 is 13.3. The highest BCUT2D eigenvalue weighted by Gasteiger charge is 2.15. The van der Waals surface area contributed by atoms with Crippen molar-refractivity contribution in [3.8, 4) is 0 Å². The summed E-state index contributed by atoms with van der Waals surface area (Å²) in [6, 6.07) is 5.75. The van der Waals surface area contributed by atoms with Crippen molar-refractivity contribution >= 4 is 40.6 Å². The fraction of sp³-hybridized carbons (Fsp3) is 0.267. The summed E-state index contributed by atoms with van der Waals surface area (Å²) < 4.78 is 13.5. The van der Waals surface area contributed by atoms with Crippen LogP contribution in [0, 0.1) is 12.7 Å². The molecule has 2 rings (SSSR count). The summed E-state index contributed by atoms with van der Waals surface area (Å²) in [5.74, 6) is -0.566. The maximum atomic E-state index is 13.5. The zero-order chi connectivity index (χ0) is 16.3. The number of hydrogen-bond donors (Lipinski definition) is 2. The molecule has 0 aliphatic rings. The molecule has 2 amide bonds. The smallest absolute Gasteiger partial charge is 0.315 e. The quantitative estimate of drug-likeness (QED) is 0.734. The van der Waals surface area contributed by atoms with Crippen molar-refractivity contribution in [2.24, 2.45) is 0 Å². The first-order valence-electron chi connectivity index (χ1n) is 6.61. The van der Waals surface area contributed by atoms with Crippen molar-refractivity contribution in [1.82, 2.24) is 10.6 Å². The van der Waals surface area contributed by atoms with E-state index in [0.29, 0.717) is 17.1 Å². The normalized spacial score (nSPS) is 12.0. The average Bonchev–Trinajstić information content (AvgIpc) is 2.86. The molecule has 0 saturated heterocycles. The number of benzene rings is 1. The number of amides is 2. The molecule has 1 aromatic carbocycles. The Labute approximate surface area is 142 Å². The molecule has 0 saturated carbocycles. The number of carbonyl (C=O) groups excluding carboxylic acids is 1. The molecule has 0 fully saturated rings. The Kier molecular flexibility index (Phi) is 5.67. The Bertz CT molecular complexity index is 690. The molecule has 1 heterocycles. The molecule has 1 aromatic heterocycles. The van der Waals surface area contributed by atoms with E-state index < -0.39 is 11.9 Å². The molecule has 22 heavy (non-hydrogen) atoms. The molecule has 0 radical (unpaired) electrons. The summed E-state index contributed by atoms with van der Waals surface area (Å²) in [6.45, 7) is 4.18. The summed E-state index contributed by atoms with van der Waals surface area (Å²) in [7, 11) is 0. The molecule has 118 valence electrons. The van der Waals surface area contributed by atoms with Gasteiger partial charge in [-0.05, 0) is 43.7 Å². The second-order valence-corrected chi connectivity index (χ2v) is 7.04. The number of carbonyl (C=O) groups is 1. The number of halogens is 3. The molecule has 0 bridgehead atoms. The number of rotatable bonds is 4.